The number of carbonyl (C=O) groups is 1. The standard InChI is InChI=1S/C18H15I2NO3S/c19-16-6-1-14(2-7-16)5-10-18(22)13-25(23,24)21-12-11-15-3-8-17(20)9-4-15/h1-12,21H,13H2/b10-5?,12-11-. The maximum absolute atomic E-state index is 11.9. The van der Waals surface area contributed by atoms with Crippen molar-refractivity contribution < 1.29 is 13.2 Å². The maximum atomic E-state index is 11.9. The van der Waals surface area contributed by atoms with Gasteiger partial charge in [-0.3, -0.25) is 9.52 Å². The van der Waals surface area contributed by atoms with E-state index >= 15 is 0 Å². The molecule has 2 rings (SSSR count). The summed E-state index contributed by atoms with van der Waals surface area (Å²) < 4.78 is 28.3. The first-order chi connectivity index (χ1) is 11.8. The van der Waals surface area contributed by atoms with E-state index in [4.69, 9.17) is 0 Å². The van der Waals surface area contributed by atoms with Crippen LogP contribution >= 0.6 is 45.2 Å². The number of allylic oxidation sites excluding steroid dienone is 1. The smallest absolute Gasteiger partial charge is 0.239 e. The van der Waals surface area contributed by atoms with E-state index in [1.807, 2.05) is 48.5 Å². The summed E-state index contributed by atoms with van der Waals surface area (Å²) in [6, 6.07) is 15.2. The first-order valence-electron chi connectivity index (χ1n) is 7.23. The molecule has 0 fully saturated rings. The Hall–Kier alpha value is -1.20. The molecule has 0 atom stereocenters. The van der Waals surface area contributed by atoms with Crippen LogP contribution in [0.2, 0.25) is 0 Å². The molecule has 130 valence electrons. The summed E-state index contributed by atoms with van der Waals surface area (Å²) in [6.07, 6.45) is 5.85. The van der Waals surface area contributed by atoms with E-state index < -0.39 is 21.6 Å². The Labute approximate surface area is 174 Å². The quantitative estimate of drug-likeness (QED) is 0.398. The SMILES string of the molecule is O=C(C=Cc1ccc(I)cc1)CS(=O)(=O)N/C=C\c1ccc(I)cc1. The van der Waals surface area contributed by atoms with Crippen molar-refractivity contribution in [3.8, 4) is 0 Å². The van der Waals surface area contributed by atoms with E-state index in [9.17, 15) is 13.2 Å². The maximum Gasteiger partial charge on any atom is 0.239 e. The van der Waals surface area contributed by atoms with E-state index in [-0.39, 0.29) is 0 Å². The lowest BCUT2D eigenvalue weighted by molar-refractivity contribution is -0.112. The molecule has 7 heteroatoms. The van der Waals surface area contributed by atoms with Crippen LogP contribution in [0.25, 0.3) is 12.2 Å². The number of hydrogen-bond acceptors (Lipinski definition) is 3. The lowest BCUT2D eigenvalue weighted by atomic mass is 10.2. The molecule has 0 aliphatic rings. The molecule has 0 bridgehead atoms. The first kappa shape index (κ1) is 20.1. The Kier molecular flexibility index (Phi) is 7.63. The highest BCUT2D eigenvalue weighted by Crippen LogP contribution is 2.09. The molecule has 0 aromatic heterocycles. The number of sulfonamides is 1. The minimum absolute atomic E-state index is 0.478. The van der Waals surface area contributed by atoms with Gasteiger partial charge in [0.25, 0.3) is 0 Å². The normalized spacial score (nSPS) is 11.9. The van der Waals surface area contributed by atoms with Crippen molar-refractivity contribution >= 4 is 73.1 Å². The average molecular weight is 579 g/mol. The van der Waals surface area contributed by atoms with Gasteiger partial charge in [-0.1, -0.05) is 30.3 Å². The Morgan fingerprint density at radius 2 is 1.36 bits per heavy atom. The second kappa shape index (κ2) is 9.48. The van der Waals surface area contributed by atoms with Crippen molar-refractivity contribution in [3.63, 3.8) is 0 Å². The first-order valence-corrected chi connectivity index (χ1v) is 11.0. The third kappa shape index (κ3) is 7.70. The Bertz CT molecular complexity index is 887. The summed E-state index contributed by atoms with van der Waals surface area (Å²) in [5.74, 6) is -1.07. The monoisotopic (exact) mass is 579 g/mol. The summed E-state index contributed by atoms with van der Waals surface area (Å²) in [5.41, 5.74) is 1.71. The second-order valence-corrected chi connectivity index (χ2v) is 9.36. The Morgan fingerprint density at radius 3 is 1.88 bits per heavy atom. The largest absolute Gasteiger partial charge is 0.294 e. The van der Waals surface area contributed by atoms with Crippen LogP contribution in [0.15, 0.2) is 60.8 Å². The van der Waals surface area contributed by atoms with Crippen LogP contribution in [0.1, 0.15) is 11.1 Å². The van der Waals surface area contributed by atoms with Crippen molar-refractivity contribution in [2.45, 2.75) is 0 Å². The molecule has 0 spiro atoms. The molecule has 0 aliphatic heterocycles. The van der Waals surface area contributed by atoms with E-state index in [0.29, 0.717) is 0 Å². The number of nitrogens with one attached hydrogen (secondary N) is 1. The van der Waals surface area contributed by atoms with Gasteiger partial charge in [-0.25, -0.2) is 8.42 Å². The third-order valence-electron chi connectivity index (χ3n) is 3.06. The van der Waals surface area contributed by atoms with Gasteiger partial charge in [0.2, 0.25) is 10.0 Å². The molecule has 0 saturated heterocycles. The zero-order chi connectivity index (χ0) is 18.3. The summed E-state index contributed by atoms with van der Waals surface area (Å²) in [5, 5.41) is 0. The highest BCUT2D eigenvalue weighted by molar-refractivity contribution is 14.1. The Balaban J connectivity index is 1.90. The van der Waals surface area contributed by atoms with Gasteiger partial charge in [0, 0.05) is 13.3 Å². The molecule has 1 N–H and O–H groups in total. The molecular weight excluding hydrogens is 564 g/mol. The van der Waals surface area contributed by atoms with Crippen LogP contribution in [-0.2, 0) is 14.8 Å². The number of rotatable bonds is 7. The van der Waals surface area contributed by atoms with Gasteiger partial charge < -0.3 is 0 Å². The molecule has 2 aromatic carbocycles. The number of carbonyl (C=O) groups excluding carboxylic acids is 1. The van der Waals surface area contributed by atoms with Crippen LogP contribution in [0.3, 0.4) is 0 Å². The third-order valence-corrected chi connectivity index (χ3v) is 5.66. The van der Waals surface area contributed by atoms with Crippen LogP contribution in [0, 0.1) is 7.14 Å². The predicted octanol–water partition coefficient (Wildman–Crippen LogP) is 4.07. The van der Waals surface area contributed by atoms with Gasteiger partial charge in [0.1, 0.15) is 5.75 Å². The molecule has 0 unspecified atom stereocenters. The van der Waals surface area contributed by atoms with Crippen molar-refractivity contribution in [2.24, 2.45) is 0 Å². The van der Waals surface area contributed by atoms with Gasteiger partial charge in [0.15, 0.2) is 5.78 Å². The minimum Gasteiger partial charge on any atom is -0.294 e. The highest BCUT2D eigenvalue weighted by atomic mass is 127. The summed E-state index contributed by atoms with van der Waals surface area (Å²) in [4.78, 5) is 11.8. The van der Waals surface area contributed by atoms with E-state index in [0.717, 1.165) is 18.3 Å². The van der Waals surface area contributed by atoms with Gasteiger partial charge in [0.05, 0.1) is 0 Å². The zero-order valence-corrected chi connectivity index (χ0v) is 18.2. The number of halogens is 2. The van der Waals surface area contributed by atoms with Crippen LogP contribution in [0.4, 0.5) is 0 Å². The van der Waals surface area contributed by atoms with Gasteiger partial charge in [-0.05, 0) is 92.7 Å². The Morgan fingerprint density at radius 1 is 0.880 bits per heavy atom. The second-order valence-electron chi connectivity index (χ2n) is 5.11. The molecule has 0 aliphatic carbocycles. The van der Waals surface area contributed by atoms with Crippen LogP contribution in [-0.4, -0.2) is 20.0 Å². The fourth-order valence-electron chi connectivity index (χ4n) is 1.85. The summed E-state index contributed by atoms with van der Waals surface area (Å²) in [7, 11) is -3.71. The predicted molar refractivity (Wildman–Crippen MR) is 118 cm³/mol. The highest BCUT2D eigenvalue weighted by Gasteiger charge is 2.12. The van der Waals surface area contributed by atoms with Crippen molar-refractivity contribution in [2.75, 3.05) is 5.75 Å². The fraction of sp³-hybridized carbons (Fsp3) is 0.0556. The molecule has 2 aromatic rings. The molecular formula is C18H15I2NO3S. The van der Waals surface area contributed by atoms with Crippen molar-refractivity contribution in [1.82, 2.24) is 4.72 Å². The van der Waals surface area contributed by atoms with Crippen molar-refractivity contribution in [3.05, 3.63) is 79.1 Å². The fourth-order valence-corrected chi connectivity index (χ4v) is 3.40. The van der Waals surface area contributed by atoms with Gasteiger partial charge in [-0.15, -0.1) is 0 Å². The molecule has 0 radical (unpaired) electrons. The molecule has 4 nitrogen and oxygen atoms in total. The van der Waals surface area contributed by atoms with E-state index in [1.165, 1.54) is 12.3 Å². The zero-order valence-electron chi connectivity index (χ0n) is 13.0. The molecule has 0 heterocycles. The lowest BCUT2D eigenvalue weighted by Crippen LogP contribution is -2.25. The lowest BCUT2D eigenvalue weighted by Gasteiger charge is -2.01. The van der Waals surface area contributed by atoms with Crippen LogP contribution < -0.4 is 4.72 Å². The molecule has 25 heavy (non-hydrogen) atoms. The molecule has 0 amide bonds. The van der Waals surface area contributed by atoms with Crippen molar-refractivity contribution in [1.29, 1.82) is 0 Å². The number of ketones is 1. The summed E-state index contributed by atoms with van der Waals surface area (Å²) in [6.45, 7) is 0. The topological polar surface area (TPSA) is 63.2 Å². The van der Waals surface area contributed by atoms with E-state index in [1.54, 1.807) is 12.2 Å². The van der Waals surface area contributed by atoms with Gasteiger partial charge in [-0.2, -0.15) is 0 Å². The number of hydrogen-bond donors (Lipinski definition) is 1. The van der Waals surface area contributed by atoms with Gasteiger partial charge >= 0.3 is 0 Å². The molecule has 0 saturated carbocycles. The average Bonchev–Trinajstić information content (AvgIpc) is 2.55. The van der Waals surface area contributed by atoms with E-state index in [2.05, 4.69) is 49.9 Å². The minimum atomic E-state index is -3.71. The summed E-state index contributed by atoms with van der Waals surface area (Å²) >= 11 is 4.38. The number of benzene rings is 2. The van der Waals surface area contributed by atoms with Crippen LogP contribution in [0.5, 0.6) is 0 Å².